The first-order chi connectivity index (χ1) is 12.1. The van der Waals surface area contributed by atoms with E-state index in [0.29, 0.717) is 11.8 Å². The van der Waals surface area contributed by atoms with E-state index in [9.17, 15) is 4.79 Å². The summed E-state index contributed by atoms with van der Waals surface area (Å²) in [7, 11) is 0. The van der Waals surface area contributed by atoms with Gasteiger partial charge >= 0.3 is 0 Å². The Bertz CT molecular complexity index is 832. The minimum absolute atomic E-state index is 0.124. The fraction of sp³-hybridized carbons (Fsp3) is 0.400. The molecule has 2 bridgehead atoms. The standard InChI is InChI=1S/C20H23N3OS/c1-14(16-6-3-2-4-7-16)21-20(25)22-11-15-10-17(13-22)18-8-5-9-19(24)23(18)12-15/h2-9,14-15,17H,10-13H2,1H3,(H,21,25)/t14-,15+,17-/m1/s1. The molecule has 0 radical (unpaired) electrons. The van der Waals surface area contributed by atoms with Gasteiger partial charge in [0.15, 0.2) is 5.11 Å². The van der Waals surface area contributed by atoms with Crippen molar-refractivity contribution in [1.29, 1.82) is 0 Å². The molecule has 0 amide bonds. The van der Waals surface area contributed by atoms with E-state index < -0.39 is 0 Å². The lowest BCUT2D eigenvalue weighted by molar-refractivity contribution is 0.176. The first-order valence-electron chi connectivity index (χ1n) is 8.92. The van der Waals surface area contributed by atoms with E-state index >= 15 is 0 Å². The third-order valence-corrected chi connectivity index (χ3v) is 5.78. The fourth-order valence-electron chi connectivity index (χ4n) is 4.16. The summed E-state index contributed by atoms with van der Waals surface area (Å²) in [6.07, 6.45) is 1.15. The Labute approximate surface area is 153 Å². The molecule has 25 heavy (non-hydrogen) atoms. The van der Waals surface area contributed by atoms with Crippen LogP contribution in [0.1, 0.15) is 36.6 Å². The van der Waals surface area contributed by atoms with Gasteiger partial charge in [0.2, 0.25) is 0 Å². The van der Waals surface area contributed by atoms with E-state index in [1.165, 1.54) is 5.56 Å². The zero-order valence-electron chi connectivity index (χ0n) is 14.4. The van der Waals surface area contributed by atoms with E-state index in [2.05, 4.69) is 47.5 Å². The van der Waals surface area contributed by atoms with Crippen molar-refractivity contribution in [2.45, 2.75) is 31.8 Å². The molecule has 1 aromatic heterocycles. The lowest BCUT2D eigenvalue weighted by atomic mass is 9.83. The van der Waals surface area contributed by atoms with E-state index in [1.807, 2.05) is 16.7 Å². The van der Waals surface area contributed by atoms with Gasteiger partial charge in [-0.3, -0.25) is 4.79 Å². The lowest BCUT2D eigenvalue weighted by Gasteiger charge is -2.44. The van der Waals surface area contributed by atoms with Gasteiger partial charge in [0.25, 0.3) is 5.56 Å². The zero-order chi connectivity index (χ0) is 17.4. The molecular formula is C20H23N3OS. The zero-order valence-corrected chi connectivity index (χ0v) is 15.2. The molecule has 1 saturated heterocycles. The minimum atomic E-state index is 0.124. The molecular weight excluding hydrogens is 330 g/mol. The summed E-state index contributed by atoms with van der Waals surface area (Å²) in [6.45, 7) is 4.75. The molecule has 0 spiro atoms. The highest BCUT2D eigenvalue weighted by Crippen LogP contribution is 2.35. The minimum Gasteiger partial charge on any atom is -0.356 e. The van der Waals surface area contributed by atoms with Crippen molar-refractivity contribution in [1.82, 2.24) is 14.8 Å². The number of fused-ring (bicyclic) bond motifs is 4. The number of likely N-dealkylation sites (tertiary alicyclic amines) is 1. The average Bonchev–Trinajstić information content (AvgIpc) is 2.63. The van der Waals surface area contributed by atoms with E-state index in [0.717, 1.165) is 36.9 Å². The van der Waals surface area contributed by atoms with Gasteiger partial charge in [-0.15, -0.1) is 0 Å². The van der Waals surface area contributed by atoms with Crippen LogP contribution in [0.3, 0.4) is 0 Å². The molecule has 1 N–H and O–H groups in total. The molecule has 4 rings (SSSR count). The van der Waals surface area contributed by atoms with Crippen LogP contribution in [-0.4, -0.2) is 27.7 Å². The summed E-state index contributed by atoms with van der Waals surface area (Å²) in [4.78, 5) is 14.4. The highest BCUT2D eigenvalue weighted by atomic mass is 32.1. The van der Waals surface area contributed by atoms with Gasteiger partial charge in [-0.1, -0.05) is 36.4 Å². The molecule has 0 saturated carbocycles. The monoisotopic (exact) mass is 353 g/mol. The van der Waals surface area contributed by atoms with Crippen molar-refractivity contribution in [3.8, 4) is 0 Å². The summed E-state index contributed by atoms with van der Waals surface area (Å²) in [5.74, 6) is 0.867. The third-order valence-electron chi connectivity index (χ3n) is 5.41. The summed E-state index contributed by atoms with van der Waals surface area (Å²) in [6, 6.07) is 16.2. The van der Waals surface area contributed by atoms with Crippen molar-refractivity contribution in [2.24, 2.45) is 5.92 Å². The van der Waals surface area contributed by atoms with Crippen LogP contribution in [0.25, 0.3) is 0 Å². The highest BCUT2D eigenvalue weighted by Gasteiger charge is 2.35. The predicted octanol–water partition coefficient (Wildman–Crippen LogP) is 2.90. The summed E-state index contributed by atoms with van der Waals surface area (Å²) in [5.41, 5.74) is 2.52. The van der Waals surface area contributed by atoms with Crippen LogP contribution in [0.2, 0.25) is 0 Å². The van der Waals surface area contributed by atoms with Crippen LogP contribution in [0, 0.1) is 5.92 Å². The van der Waals surface area contributed by atoms with Gasteiger partial charge < -0.3 is 14.8 Å². The molecule has 1 fully saturated rings. The molecule has 0 aliphatic carbocycles. The Kier molecular flexibility index (Phi) is 4.34. The summed E-state index contributed by atoms with van der Waals surface area (Å²) >= 11 is 5.70. The third kappa shape index (κ3) is 3.21. The van der Waals surface area contributed by atoms with Crippen LogP contribution in [0.4, 0.5) is 0 Å². The number of piperidine rings is 1. The van der Waals surface area contributed by atoms with Crippen molar-refractivity contribution in [2.75, 3.05) is 13.1 Å². The first kappa shape index (κ1) is 16.3. The Hall–Kier alpha value is -2.14. The Morgan fingerprint density at radius 3 is 2.72 bits per heavy atom. The van der Waals surface area contributed by atoms with Crippen molar-refractivity contribution < 1.29 is 0 Å². The van der Waals surface area contributed by atoms with Crippen LogP contribution >= 0.6 is 12.2 Å². The van der Waals surface area contributed by atoms with Gasteiger partial charge in [-0.25, -0.2) is 0 Å². The number of aromatic nitrogens is 1. The van der Waals surface area contributed by atoms with Crippen molar-refractivity contribution >= 4 is 17.3 Å². The second kappa shape index (κ2) is 6.64. The molecule has 2 aliphatic heterocycles. The van der Waals surface area contributed by atoms with E-state index in [-0.39, 0.29) is 11.6 Å². The number of hydrogen-bond acceptors (Lipinski definition) is 2. The topological polar surface area (TPSA) is 37.3 Å². The van der Waals surface area contributed by atoms with Crippen molar-refractivity contribution in [3.63, 3.8) is 0 Å². The molecule has 5 heteroatoms. The van der Waals surface area contributed by atoms with Crippen LogP contribution in [0.15, 0.2) is 53.3 Å². The van der Waals surface area contributed by atoms with Gasteiger partial charge in [-0.05, 0) is 43.1 Å². The van der Waals surface area contributed by atoms with Crippen LogP contribution < -0.4 is 10.9 Å². The maximum Gasteiger partial charge on any atom is 0.250 e. The van der Waals surface area contributed by atoms with Gasteiger partial charge in [-0.2, -0.15) is 0 Å². The number of benzene rings is 1. The molecule has 3 heterocycles. The number of thiocarbonyl (C=S) groups is 1. The molecule has 2 aromatic rings. The summed E-state index contributed by atoms with van der Waals surface area (Å²) < 4.78 is 1.96. The fourth-order valence-corrected chi connectivity index (χ4v) is 4.49. The molecule has 2 aliphatic rings. The second-order valence-electron chi connectivity index (χ2n) is 7.18. The smallest absolute Gasteiger partial charge is 0.250 e. The van der Waals surface area contributed by atoms with E-state index in [1.54, 1.807) is 6.07 Å². The number of nitrogens with zero attached hydrogens (tertiary/aromatic N) is 2. The summed E-state index contributed by atoms with van der Waals surface area (Å²) in [5, 5.41) is 4.30. The number of nitrogens with one attached hydrogen (secondary N) is 1. The molecule has 1 aromatic carbocycles. The predicted molar refractivity (Wildman–Crippen MR) is 104 cm³/mol. The lowest BCUT2D eigenvalue weighted by Crippen LogP contribution is -2.52. The van der Waals surface area contributed by atoms with Gasteiger partial charge in [0.1, 0.15) is 0 Å². The first-order valence-corrected chi connectivity index (χ1v) is 9.33. The molecule has 3 atom stereocenters. The maximum atomic E-state index is 12.1. The number of pyridine rings is 1. The molecule has 0 unspecified atom stereocenters. The Balaban J connectivity index is 1.48. The van der Waals surface area contributed by atoms with Crippen molar-refractivity contribution in [3.05, 3.63) is 70.1 Å². The van der Waals surface area contributed by atoms with E-state index in [4.69, 9.17) is 12.2 Å². The highest BCUT2D eigenvalue weighted by molar-refractivity contribution is 7.80. The van der Waals surface area contributed by atoms with Crippen LogP contribution in [0.5, 0.6) is 0 Å². The van der Waals surface area contributed by atoms with Gasteiger partial charge in [0, 0.05) is 37.3 Å². The Morgan fingerprint density at radius 2 is 1.92 bits per heavy atom. The second-order valence-corrected chi connectivity index (χ2v) is 7.57. The molecule has 130 valence electrons. The Morgan fingerprint density at radius 1 is 1.12 bits per heavy atom. The number of hydrogen-bond donors (Lipinski definition) is 1. The maximum absolute atomic E-state index is 12.1. The largest absolute Gasteiger partial charge is 0.356 e. The quantitative estimate of drug-likeness (QED) is 0.843. The number of rotatable bonds is 2. The normalized spacial score (nSPS) is 22.8. The average molecular weight is 353 g/mol. The van der Waals surface area contributed by atoms with Gasteiger partial charge in [0.05, 0.1) is 6.04 Å². The molecule has 4 nitrogen and oxygen atoms in total. The van der Waals surface area contributed by atoms with Crippen LogP contribution in [-0.2, 0) is 6.54 Å². The SMILES string of the molecule is C[C@@H](NC(=S)N1C[C@@H]2C[C@H](C1)c1cccc(=O)n1C2)c1ccccc1.